The predicted molar refractivity (Wildman–Crippen MR) is 115 cm³/mol. The molecule has 0 fully saturated rings. The van der Waals surface area contributed by atoms with Crippen molar-refractivity contribution in [1.29, 1.82) is 0 Å². The number of carbonyl (C=O) groups excluding carboxylic acids is 2. The molecule has 1 aromatic carbocycles. The van der Waals surface area contributed by atoms with Crippen molar-refractivity contribution in [3.63, 3.8) is 0 Å². The maximum absolute atomic E-state index is 13.4. The second-order valence-corrected chi connectivity index (χ2v) is 7.79. The Morgan fingerprint density at radius 2 is 1.94 bits per heavy atom. The maximum Gasteiger partial charge on any atom is 0.416 e. The van der Waals surface area contributed by atoms with Gasteiger partial charge in [0.2, 0.25) is 11.8 Å². The summed E-state index contributed by atoms with van der Waals surface area (Å²) in [6, 6.07) is 7.44. The Morgan fingerprint density at radius 3 is 2.75 bits per heavy atom. The minimum absolute atomic E-state index is 0.0598. The van der Waals surface area contributed by atoms with Crippen molar-refractivity contribution in [3.8, 4) is 0 Å². The van der Waals surface area contributed by atoms with E-state index < -0.39 is 11.7 Å². The zero-order chi connectivity index (χ0) is 22.7. The number of fused-ring (bicyclic) bond motifs is 1. The van der Waals surface area contributed by atoms with Crippen molar-refractivity contribution in [2.45, 2.75) is 31.9 Å². The van der Waals surface area contributed by atoms with Crippen molar-refractivity contribution in [3.05, 3.63) is 70.9 Å². The van der Waals surface area contributed by atoms with E-state index in [1.165, 1.54) is 18.2 Å². The highest BCUT2D eigenvalue weighted by Gasteiger charge is 2.34. The van der Waals surface area contributed by atoms with E-state index in [2.05, 4.69) is 10.3 Å². The molecule has 0 saturated carbocycles. The van der Waals surface area contributed by atoms with Crippen molar-refractivity contribution in [2.24, 2.45) is 0 Å². The van der Waals surface area contributed by atoms with E-state index in [9.17, 15) is 22.8 Å². The number of alkyl halides is 3. The molecule has 2 aliphatic rings. The molecule has 0 saturated heterocycles. The van der Waals surface area contributed by atoms with Crippen molar-refractivity contribution >= 4 is 29.3 Å². The van der Waals surface area contributed by atoms with Gasteiger partial charge in [-0.3, -0.25) is 9.59 Å². The number of nitrogens with zero attached hydrogens (tertiary/aromatic N) is 2. The Balaban J connectivity index is 1.42. The fourth-order valence-electron chi connectivity index (χ4n) is 3.98. The van der Waals surface area contributed by atoms with Crippen LogP contribution in [0.4, 0.5) is 19.0 Å². The highest BCUT2D eigenvalue weighted by Crippen LogP contribution is 2.36. The molecule has 0 bridgehead atoms. The quantitative estimate of drug-likeness (QED) is 0.702. The summed E-state index contributed by atoms with van der Waals surface area (Å²) in [6.07, 6.45) is 3.93. The lowest BCUT2D eigenvalue weighted by Crippen LogP contribution is -2.30. The summed E-state index contributed by atoms with van der Waals surface area (Å²) in [7, 11) is 0. The number of aryl methyl sites for hydroxylation is 1. The van der Waals surface area contributed by atoms with Crippen LogP contribution < -0.4 is 5.32 Å². The van der Waals surface area contributed by atoms with E-state index in [-0.39, 0.29) is 17.4 Å². The summed E-state index contributed by atoms with van der Waals surface area (Å²) in [5.74, 6) is 0.292. The van der Waals surface area contributed by atoms with Gasteiger partial charge in [-0.15, -0.1) is 0 Å². The second-order valence-electron chi connectivity index (χ2n) is 7.79. The van der Waals surface area contributed by atoms with Gasteiger partial charge in [0, 0.05) is 31.8 Å². The van der Waals surface area contributed by atoms with Gasteiger partial charge in [0.1, 0.15) is 5.82 Å². The van der Waals surface area contributed by atoms with Crippen molar-refractivity contribution in [2.75, 3.05) is 18.4 Å². The fourth-order valence-corrected chi connectivity index (χ4v) is 3.98. The lowest BCUT2D eigenvalue weighted by atomic mass is 9.96. The Morgan fingerprint density at radius 1 is 1.12 bits per heavy atom. The van der Waals surface area contributed by atoms with Gasteiger partial charge >= 0.3 is 6.18 Å². The second kappa shape index (κ2) is 8.98. The van der Waals surface area contributed by atoms with Crippen LogP contribution in [-0.4, -0.2) is 34.8 Å². The molecule has 166 valence electrons. The SMILES string of the molecule is O=C1CCc2cc(/C=C/C(=O)N3CCC=C(c4ccccc4C(F)(F)F)CC3)cnc2N1. The first-order valence-electron chi connectivity index (χ1n) is 10.4. The van der Waals surface area contributed by atoms with Crippen LogP contribution in [0.5, 0.6) is 0 Å². The molecule has 0 atom stereocenters. The monoisotopic (exact) mass is 441 g/mol. The molecular formula is C24H22F3N3O2. The van der Waals surface area contributed by atoms with E-state index >= 15 is 0 Å². The third-order valence-corrected chi connectivity index (χ3v) is 5.62. The minimum Gasteiger partial charge on any atom is -0.339 e. The van der Waals surface area contributed by atoms with Gasteiger partial charge in [-0.2, -0.15) is 13.2 Å². The molecule has 0 aliphatic carbocycles. The standard InChI is InChI=1S/C24H22F3N3O2/c25-24(26,27)20-6-2-1-5-19(20)17-4-3-12-30(13-11-17)22(32)10-7-16-14-18-8-9-21(31)29-23(18)28-15-16/h1-2,4-7,10,14-15H,3,8-9,11-13H2,(H,28,29,31)/b10-7+. The highest BCUT2D eigenvalue weighted by molar-refractivity contribution is 5.94. The summed E-state index contributed by atoms with van der Waals surface area (Å²) in [6.45, 7) is 0.783. The Bertz CT molecular complexity index is 1110. The van der Waals surface area contributed by atoms with Gasteiger partial charge in [0.05, 0.1) is 5.56 Å². The summed E-state index contributed by atoms with van der Waals surface area (Å²) < 4.78 is 40.1. The molecule has 4 rings (SSSR count). The number of carbonyl (C=O) groups is 2. The number of aromatic nitrogens is 1. The smallest absolute Gasteiger partial charge is 0.339 e. The van der Waals surface area contributed by atoms with Crippen LogP contribution in [0.2, 0.25) is 0 Å². The van der Waals surface area contributed by atoms with E-state index in [0.717, 1.165) is 17.2 Å². The third-order valence-electron chi connectivity index (χ3n) is 5.62. The first-order chi connectivity index (χ1) is 15.3. The molecule has 1 aromatic heterocycles. The number of rotatable bonds is 3. The van der Waals surface area contributed by atoms with Gasteiger partial charge in [-0.05, 0) is 59.7 Å². The van der Waals surface area contributed by atoms with Crippen LogP contribution >= 0.6 is 0 Å². The maximum atomic E-state index is 13.4. The summed E-state index contributed by atoms with van der Waals surface area (Å²) >= 11 is 0. The van der Waals surface area contributed by atoms with Crippen molar-refractivity contribution in [1.82, 2.24) is 9.88 Å². The summed E-state index contributed by atoms with van der Waals surface area (Å²) in [5, 5.41) is 2.72. The number of anilines is 1. The molecule has 2 amide bonds. The fraction of sp³-hybridized carbons (Fsp3) is 0.292. The van der Waals surface area contributed by atoms with Crippen LogP contribution in [0.3, 0.4) is 0 Å². The first-order valence-corrected chi connectivity index (χ1v) is 10.4. The van der Waals surface area contributed by atoms with Gasteiger partial charge in [-0.1, -0.05) is 24.3 Å². The van der Waals surface area contributed by atoms with Crippen molar-refractivity contribution < 1.29 is 22.8 Å². The zero-order valence-corrected chi connectivity index (χ0v) is 17.3. The summed E-state index contributed by atoms with van der Waals surface area (Å²) in [5.41, 5.74) is 1.81. The molecule has 8 heteroatoms. The largest absolute Gasteiger partial charge is 0.416 e. The normalized spacial score (nSPS) is 16.9. The number of pyridine rings is 1. The molecule has 3 heterocycles. The molecule has 0 unspecified atom stereocenters. The van der Waals surface area contributed by atoms with E-state index in [4.69, 9.17) is 0 Å². The van der Waals surface area contributed by atoms with Gasteiger partial charge in [-0.25, -0.2) is 4.98 Å². The highest BCUT2D eigenvalue weighted by atomic mass is 19.4. The van der Waals surface area contributed by atoms with Crippen LogP contribution in [0.15, 0.2) is 48.7 Å². The van der Waals surface area contributed by atoms with E-state index in [1.807, 2.05) is 6.07 Å². The molecule has 2 aliphatic heterocycles. The number of hydrogen-bond acceptors (Lipinski definition) is 3. The average molecular weight is 441 g/mol. The Kier molecular flexibility index (Phi) is 6.12. The number of halogens is 3. The third kappa shape index (κ3) is 4.90. The molecule has 5 nitrogen and oxygen atoms in total. The number of amides is 2. The van der Waals surface area contributed by atoms with Crippen LogP contribution in [-0.2, 0) is 22.2 Å². The Labute approximate surface area is 183 Å². The number of nitrogens with one attached hydrogen (secondary N) is 1. The lowest BCUT2D eigenvalue weighted by Gasteiger charge is -2.19. The summed E-state index contributed by atoms with van der Waals surface area (Å²) in [4.78, 5) is 30.0. The van der Waals surface area contributed by atoms with E-state index in [0.29, 0.717) is 50.2 Å². The van der Waals surface area contributed by atoms with Crippen LogP contribution in [0.1, 0.15) is 41.5 Å². The zero-order valence-electron chi connectivity index (χ0n) is 17.3. The number of hydrogen-bond donors (Lipinski definition) is 1. The molecule has 32 heavy (non-hydrogen) atoms. The Hall–Kier alpha value is -3.42. The molecule has 2 aromatic rings. The number of benzene rings is 1. The van der Waals surface area contributed by atoms with Crippen LogP contribution in [0.25, 0.3) is 11.6 Å². The lowest BCUT2D eigenvalue weighted by molar-refractivity contribution is -0.137. The molecule has 0 spiro atoms. The van der Waals surface area contributed by atoms with E-state index in [1.54, 1.807) is 29.3 Å². The van der Waals surface area contributed by atoms with Gasteiger partial charge in [0.25, 0.3) is 0 Å². The molecule has 0 radical (unpaired) electrons. The molecular weight excluding hydrogens is 419 g/mol. The average Bonchev–Trinajstić information content (AvgIpc) is 3.03. The first kappa shape index (κ1) is 21.8. The van der Waals surface area contributed by atoms with Crippen LogP contribution in [0, 0.1) is 0 Å². The minimum atomic E-state index is -4.42. The predicted octanol–water partition coefficient (Wildman–Crippen LogP) is 4.70. The topological polar surface area (TPSA) is 62.3 Å². The van der Waals surface area contributed by atoms with Gasteiger partial charge < -0.3 is 10.2 Å². The molecule has 1 N–H and O–H groups in total. The van der Waals surface area contributed by atoms with Gasteiger partial charge in [0.15, 0.2) is 0 Å².